The van der Waals surface area contributed by atoms with Gasteiger partial charge in [-0.3, -0.25) is 0 Å². The number of likely N-dealkylation sites (N-methyl/N-ethyl adjacent to an activating group) is 1. The van der Waals surface area contributed by atoms with E-state index in [1.54, 1.807) is 7.05 Å². The van der Waals surface area contributed by atoms with Crippen molar-refractivity contribution in [3.8, 4) is 6.01 Å². The van der Waals surface area contributed by atoms with Crippen molar-refractivity contribution < 1.29 is 4.74 Å². The molecule has 0 atom stereocenters. The number of anilines is 2. The van der Waals surface area contributed by atoms with Crippen molar-refractivity contribution in [3.05, 3.63) is 0 Å². The molecule has 7 nitrogen and oxygen atoms in total. The molecule has 118 valence electrons. The van der Waals surface area contributed by atoms with Gasteiger partial charge in [0.05, 0.1) is 6.10 Å². The van der Waals surface area contributed by atoms with Crippen molar-refractivity contribution in [2.75, 3.05) is 38.3 Å². The van der Waals surface area contributed by atoms with Gasteiger partial charge in [0, 0.05) is 19.1 Å². The molecule has 1 aliphatic carbocycles. The molecular formula is C14H26N6O. The van der Waals surface area contributed by atoms with Crippen LogP contribution in [0, 0.1) is 0 Å². The van der Waals surface area contributed by atoms with Gasteiger partial charge in [-0.05, 0) is 47.2 Å². The normalized spacial score (nSPS) is 16.7. The molecule has 1 heterocycles. The van der Waals surface area contributed by atoms with Crippen LogP contribution in [-0.4, -0.2) is 59.2 Å². The molecule has 0 amide bonds. The Morgan fingerprint density at radius 1 is 1.19 bits per heavy atom. The summed E-state index contributed by atoms with van der Waals surface area (Å²) in [6.45, 7) is 4.73. The van der Waals surface area contributed by atoms with Crippen LogP contribution in [0.5, 0.6) is 6.01 Å². The van der Waals surface area contributed by atoms with Crippen LogP contribution >= 0.6 is 0 Å². The minimum Gasteiger partial charge on any atom is -0.461 e. The molecule has 0 bridgehead atoms. The van der Waals surface area contributed by atoms with Crippen LogP contribution < -0.4 is 15.4 Å². The quantitative estimate of drug-likeness (QED) is 0.791. The Labute approximate surface area is 126 Å². The lowest BCUT2D eigenvalue weighted by Gasteiger charge is -2.47. The third-order valence-electron chi connectivity index (χ3n) is 3.99. The molecule has 2 N–H and O–H groups in total. The third kappa shape index (κ3) is 3.72. The molecule has 0 aliphatic heterocycles. The predicted molar refractivity (Wildman–Crippen MR) is 83.9 cm³/mol. The molecule has 7 heteroatoms. The molecular weight excluding hydrogens is 268 g/mol. The lowest BCUT2D eigenvalue weighted by atomic mass is 9.75. The number of ether oxygens (including phenoxy) is 1. The maximum Gasteiger partial charge on any atom is 0.323 e. The fraction of sp³-hybridized carbons (Fsp3) is 0.786. The summed E-state index contributed by atoms with van der Waals surface area (Å²) in [7, 11) is 6.03. The van der Waals surface area contributed by atoms with E-state index in [4.69, 9.17) is 4.74 Å². The van der Waals surface area contributed by atoms with Crippen LogP contribution in [0.25, 0.3) is 0 Å². The zero-order valence-electron chi connectivity index (χ0n) is 13.6. The van der Waals surface area contributed by atoms with Gasteiger partial charge in [-0.15, -0.1) is 0 Å². The Kier molecular flexibility index (Phi) is 4.82. The van der Waals surface area contributed by atoms with Crippen molar-refractivity contribution >= 4 is 11.9 Å². The van der Waals surface area contributed by atoms with Gasteiger partial charge in [-0.2, -0.15) is 15.0 Å². The molecule has 1 fully saturated rings. The zero-order valence-corrected chi connectivity index (χ0v) is 13.6. The highest BCUT2D eigenvalue weighted by Crippen LogP contribution is 2.36. The lowest BCUT2D eigenvalue weighted by Crippen LogP contribution is -2.54. The van der Waals surface area contributed by atoms with Gasteiger partial charge < -0.3 is 20.3 Å². The number of hydrogen-bond donors (Lipinski definition) is 2. The standard InChI is InChI=1S/C14H26N6O/c1-10(2)21-13-18-11(15-3)17-12(19-13)16-9-14(20(4)5)7-6-8-14/h10H,6-9H2,1-5H3,(H2,15,16,17,18,19). The van der Waals surface area contributed by atoms with Crippen LogP contribution in [0.4, 0.5) is 11.9 Å². The van der Waals surface area contributed by atoms with Crippen molar-refractivity contribution in [3.63, 3.8) is 0 Å². The summed E-state index contributed by atoms with van der Waals surface area (Å²) in [6.07, 6.45) is 3.71. The SMILES string of the molecule is CNc1nc(NCC2(N(C)C)CCC2)nc(OC(C)C)n1. The number of nitrogens with one attached hydrogen (secondary N) is 2. The molecule has 0 saturated heterocycles. The summed E-state index contributed by atoms with van der Waals surface area (Å²) in [5.41, 5.74) is 0.214. The first kappa shape index (κ1) is 15.8. The van der Waals surface area contributed by atoms with Crippen molar-refractivity contribution in [1.29, 1.82) is 0 Å². The maximum atomic E-state index is 5.56. The monoisotopic (exact) mass is 294 g/mol. The third-order valence-corrected chi connectivity index (χ3v) is 3.99. The Balaban J connectivity index is 2.08. The van der Waals surface area contributed by atoms with E-state index in [2.05, 4.69) is 44.6 Å². The van der Waals surface area contributed by atoms with Crippen LogP contribution in [0.1, 0.15) is 33.1 Å². The smallest absolute Gasteiger partial charge is 0.323 e. The van der Waals surface area contributed by atoms with Gasteiger partial charge in [0.25, 0.3) is 0 Å². The Morgan fingerprint density at radius 3 is 2.33 bits per heavy atom. The van der Waals surface area contributed by atoms with Crippen LogP contribution in [-0.2, 0) is 0 Å². The van der Waals surface area contributed by atoms with E-state index >= 15 is 0 Å². The number of aromatic nitrogens is 3. The molecule has 21 heavy (non-hydrogen) atoms. The number of nitrogens with zero attached hydrogens (tertiary/aromatic N) is 4. The van der Waals surface area contributed by atoms with E-state index < -0.39 is 0 Å². The first-order chi connectivity index (χ1) is 9.95. The fourth-order valence-corrected chi connectivity index (χ4v) is 2.42. The van der Waals surface area contributed by atoms with E-state index in [-0.39, 0.29) is 11.6 Å². The van der Waals surface area contributed by atoms with E-state index in [9.17, 15) is 0 Å². The molecule has 0 unspecified atom stereocenters. The summed E-state index contributed by atoms with van der Waals surface area (Å²) in [5.74, 6) is 1.06. The predicted octanol–water partition coefficient (Wildman–Crippen LogP) is 1.60. The second kappa shape index (κ2) is 6.43. The molecule has 1 aromatic heterocycles. The summed E-state index contributed by atoms with van der Waals surface area (Å²) < 4.78 is 5.56. The minimum absolute atomic E-state index is 0.0321. The summed E-state index contributed by atoms with van der Waals surface area (Å²) in [6, 6.07) is 0.347. The van der Waals surface area contributed by atoms with Gasteiger partial charge in [0.2, 0.25) is 11.9 Å². The largest absolute Gasteiger partial charge is 0.461 e. The number of hydrogen-bond acceptors (Lipinski definition) is 7. The van der Waals surface area contributed by atoms with Gasteiger partial charge >= 0.3 is 6.01 Å². The molecule has 0 aromatic carbocycles. The second-order valence-corrected chi connectivity index (χ2v) is 6.01. The molecule has 2 rings (SSSR count). The van der Waals surface area contributed by atoms with Crippen LogP contribution in [0.15, 0.2) is 0 Å². The highest BCUT2D eigenvalue weighted by molar-refractivity contribution is 5.36. The first-order valence-electron chi connectivity index (χ1n) is 7.47. The molecule has 0 spiro atoms. The second-order valence-electron chi connectivity index (χ2n) is 6.01. The average Bonchev–Trinajstić information content (AvgIpc) is 2.35. The van der Waals surface area contributed by atoms with Crippen LogP contribution in [0.2, 0.25) is 0 Å². The molecule has 1 saturated carbocycles. The summed E-state index contributed by atoms with van der Waals surface area (Å²) >= 11 is 0. The van der Waals surface area contributed by atoms with Gasteiger partial charge in [0.15, 0.2) is 0 Å². The summed E-state index contributed by atoms with van der Waals surface area (Å²) in [5, 5.41) is 6.27. The van der Waals surface area contributed by atoms with E-state index in [0.717, 1.165) is 6.54 Å². The summed E-state index contributed by atoms with van der Waals surface area (Å²) in [4.78, 5) is 15.2. The molecule has 0 radical (unpaired) electrons. The van der Waals surface area contributed by atoms with Gasteiger partial charge in [-0.1, -0.05) is 0 Å². The maximum absolute atomic E-state index is 5.56. The minimum atomic E-state index is 0.0321. The van der Waals surface area contributed by atoms with Crippen molar-refractivity contribution in [2.24, 2.45) is 0 Å². The zero-order chi connectivity index (χ0) is 15.5. The van der Waals surface area contributed by atoms with Gasteiger partial charge in [0.1, 0.15) is 0 Å². The van der Waals surface area contributed by atoms with Gasteiger partial charge in [-0.25, -0.2) is 0 Å². The van der Waals surface area contributed by atoms with E-state index in [0.29, 0.717) is 17.9 Å². The Hall–Kier alpha value is -1.63. The van der Waals surface area contributed by atoms with Crippen molar-refractivity contribution in [1.82, 2.24) is 19.9 Å². The van der Waals surface area contributed by atoms with E-state index in [1.165, 1.54) is 19.3 Å². The van der Waals surface area contributed by atoms with Crippen LogP contribution in [0.3, 0.4) is 0 Å². The number of rotatable bonds is 7. The first-order valence-corrected chi connectivity index (χ1v) is 7.47. The van der Waals surface area contributed by atoms with Crippen molar-refractivity contribution in [2.45, 2.75) is 44.8 Å². The highest BCUT2D eigenvalue weighted by Gasteiger charge is 2.38. The Bertz CT molecular complexity index is 473. The van der Waals surface area contributed by atoms with E-state index in [1.807, 2.05) is 13.8 Å². The lowest BCUT2D eigenvalue weighted by molar-refractivity contribution is 0.0737. The average molecular weight is 294 g/mol. The molecule has 1 aromatic rings. The topological polar surface area (TPSA) is 75.2 Å². The Morgan fingerprint density at radius 2 is 1.86 bits per heavy atom. The molecule has 1 aliphatic rings. The highest BCUT2D eigenvalue weighted by atomic mass is 16.5. The fourth-order valence-electron chi connectivity index (χ4n) is 2.42.